The second-order valence-corrected chi connectivity index (χ2v) is 1.06. The molecule has 62 valence electrons. The number of hydrogen-bond acceptors (Lipinski definition) is 3. The Hall–Kier alpha value is -0.960. The summed E-state index contributed by atoms with van der Waals surface area (Å²) in [5.74, 6) is 4.82. The minimum absolute atomic E-state index is 0.678. The summed E-state index contributed by atoms with van der Waals surface area (Å²) in [6.07, 6.45) is 1.51. The average Bonchev–Trinajstić information content (AvgIpc) is 1.96. The van der Waals surface area contributed by atoms with Gasteiger partial charge in [-0.2, -0.15) is 0 Å². The number of allylic oxidation sites excluding steroid dienone is 1. The number of hydrazine groups is 1. The maximum atomic E-state index is 5.12. The zero-order valence-electron chi connectivity index (χ0n) is 7.15. The number of rotatable bonds is 1. The van der Waals surface area contributed by atoms with Crippen molar-refractivity contribution < 1.29 is 0 Å². The van der Waals surface area contributed by atoms with Gasteiger partial charge in [0.25, 0.3) is 0 Å². The molecule has 0 unspecified atom stereocenters. The summed E-state index contributed by atoms with van der Waals surface area (Å²) in [7, 11) is 0. The summed E-state index contributed by atoms with van der Waals surface area (Å²) in [5, 5.41) is 0. The summed E-state index contributed by atoms with van der Waals surface area (Å²) >= 11 is 0. The van der Waals surface area contributed by atoms with E-state index in [0.29, 0.717) is 5.70 Å². The third-order valence-electron chi connectivity index (χ3n) is 0.311. The highest BCUT2D eigenvalue weighted by atomic mass is 15.2. The monoisotopic (exact) mass is 145 g/mol. The van der Waals surface area contributed by atoms with Crippen LogP contribution >= 0.6 is 0 Å². The number of nitrogens with two attached hydrogens (primary N) is 2. The molecule has 0 aliphatic carbocycles. The van der Waals surface area contributed by atoms with Crippen molar-refractivity contribution in [1.82, 2.24) is 5.43 Å². The van der Waals surface area contributed by atoms with Gasteiger partial charge in [0.05, 0.1) is 0 Å². The van der Waals surface area contributed by atoms with E-state index in [0.717, 1.165) is 0 Å². The van der Waals surface area contributed by atoms with Crippen LogP contribution in [0.3, 0.4) is 0 Å². The first-order valence-corrected chi connectivity index (χ1v) is 3.15. The van der Waals surface area contributed by atoms with Gasteiger partial charge in [-0.25, -0.2) is 0 Å². The summed E-state index contributed by atoms with van der Waals surface area (Å²) < 4.78 is 0. The molecule has 0 amide bonds. The highest BCUT2D eigenvalue weighted by Gasteiger charge is 1.65. The van der Waals surface area contributed by atoms with E-state index in [2.05, 4.69) is 18.6 Å². The van der Waals surface area contributed by atoms with E-state index < -0.39 is 0 Å². The van der Waals surface area contributed by atoms with Crippen molar-refractivity contribution in [2.45, 2.75) is 20.8 Å². The van der Waals surface area contributed by atoms with Crippen molar-refractivity contribution in [2.24, 2.45) is 11.6 Å². The first-order chi connectivity index (χ1) is 4.77. The maximum absolute atomic E-state index is 5.12. The van der Waals surface area contributed by atoms with Crippen LogP contribution in [0.4, 0.5) is 0 Å². The molecule has 0 radical (unpaired) electrons. The molecular formula is C7H19N3. The first-order valence-electron chi connectivity index (χ1n) is 3.15. The Kier molecular flexibility index (Phi) is 39.1. The Balaban J connectivity index is -0.000000105. The fourth-order valence-corrected chi connectivity index (χ4v) is 0.131. The van der Waals surface area contributed by atoms with Crippen LogP contribution in [0.1, 0.15) is 20.8 Å². The number of nitrogens with one attached hydrogen (secondary N) is 1. The van der Waals surface area contributed by atoms with Gasteiger partial charge < -0.3 is 11.2 Å². The Labute approximate surface area is 63.8 Å². The molecule has 10 heavy (non-hydrogen) atoms. The Morgan fingerprint density at radius 2 is 1.70 bits per heavy atom. The van der Waals surface area contributed by atoms with Gasteiger partial charge in [0.15, 0.2) is 0 Å². The molecule has 0 saturated carbocycles. The summed E-state index contributed by atoms with van der Waals surface area (Å²) in [6, 6.07) is 0. The molecule has 0 aliphatic heterocycles. The van der Waals surface area contributed by atoms with Gasteiger partial charge in [-0.15, -0.1) is 13.2 Å². The highest BCUT2D eigenvalue weighted by molar-refractivity contribution is 4.87. The predicted octanol–water partition coefficient (Wildman–Crippen LogP) is 1.10. The minimum atomic E-state index is 0.678. The summed E-state index contributed by atoms with van der Waals surface area (Å²) in [5.41, 5.74) is 8.08. The minimum Gasteiger partial charge on any atom is -0.401 e. The maximum Gasteiger partial charge on any atom is 0.0307 e. The van der Waals surface area contributed by atoms with Gasteiger partial charge in [0, 0.05) is 11.9 Å². The van der Waals surface area contributed by atoms with E-state index in [1.165, 1.54) is 6.20 Å². The first kappa shape index (κ1) is 16.0. The lowest BCUT2D eigenvalue weighted by molar-refractivity contribution is 0.946. The van der Waals surface area contributed by atoms with Gasteiger partial charge in [0.1, 0.15) is 0 Å². The lowest BCUT2D eigenvalue weighted by Gasteiger charge is -1.85. The van der Waals surface area contributed by atoms with Crippen LogP contribution in [0.15, 0.2) is 25.1 Å². The summed E-state index contributed by atoms with van der Waals surface area (Å²) in [4.78, 5) is 0. The van der Waals surface area contributed by atoms with Crippen LogP contribution in [0, 0.1) is 0 Å². The van der Waals surface area contributed by atoms with Crippen LogP contribution < -0.4 is 17.0 Å². The second-order valence-electron chi connectivity index (χ2n) is 1.06. The molecule has 0 saturated heterocycles. The van der Waals surface area contributed by atoms with Crippen LogP contribution in [-0.2, 0) is 0 Å². The van der Waals surface area contributed by atoms with Crippen molar-refractivity contribution in [2.75, 3.05) is 0 Å². The van der Waals surface area contributed by atoms with Crippen LogP contribution in [-0.4, -0.2) is 0 Å². The fourth-order valence-electron chi connectivity index (χ4n) is 0.131. The van der Waals surface area contributed by atoms with E-state index in [1.807, 2.05) is 13.8 Å². The lowest BCUT2D eigenvalue weighted by atomic mass is 10.6. The zero-order chi connectivity index (χ0) is 8.99. The molecule has 0 aromatic heterocycles. The third kappa shape index (κ3) is 61.7. The summed E-state index contributed by atoms with van der Waals surface area (Å²) in [6.45, 7) is 11.7. The number of hydrogen-bond donors (Lipinski definition) is 3. The van der Waals surface area contributed by atoms with Gasteiger partial charge in [-0.3, -0.25) is 5.84 Å². The lowest BCUT2D eigenvalue weighted by Crippen LogP contribution is -2.15. The van der Waals surface area contributed by atoms with Crippen LogP contribution in [0.2, 0.25) is 0 Å². The van der Waals surface area contributed by atoms with E-state index in [-0.39, 0.29) is 0 Å². The predicted molar refractivity (Wildman–Crippen MR) is 47.9 cm³/mol. The standard InChI is InChI=1S/C3H9N3.C2H6.C2H4/c1-3(4)2-6-5;2*1-2/h2,6H,4-5H2,1H3;1-2H3;1-2H2/b3-2-;;. The van der Waals surface area contributed by atoms with Gasteiger partial charge in [-0.05, 0) is 6.92 Å². The smallest absolute Gasteiger partial charge is 0.0307 e. The Bertz CT molecular complexity index is 65.3. The van der Waals surface area contributed by atoms with Crippen molar-refractivity contribution in [3.05, 3.63) is 25.1 Å². The molecule has 5 N–H and O–H groups in total. The molecule has 0 aromatic carbocycles. The Morgan fingerprint density at radius 3 is 1.70 bits per heavy atom. The van der Waals surface area contributed by atoms with Gasteiger partial charge in [0.2, 0.25) is 0 Å². The SMILES string of the molecule is C/C(N)=C/NN.C=C.CC. The van der Waals surface area contributed by atoms with Crippen LogP contribution in [0.5, 0.6) is 0 Å². The Morgan fingerprint density at radius 1 is 1.40 bits per heavy atom. The molecule has 3 nitrogen and oxygen atoms in total. The molecule has 0 rings (SSSR count). The molecule has 0 atom stereocenters. The molecule has 0 heterocycles. The van der Waals surface area contributed by atoms with Crippen molar-refractivity contribution in [1.29, 1.82) is 0 Å². The topological polar surface area (TPSA) is 64.1 Å². The van der Waals surface area contributed by atoms with Crippen LogP contribution in [0.25, 0.3) is 0 Å². The van der Waals surface area contributed by atoms with Gasteiger partial charge in [-0.1, -0.05) is 13.8 Å². The van der Waals surface area contributed by atoms with Crippen molar-refractivity contribution >= 4 is 0 Å². The van der Waals surface area contributed by atoms with E-state index in [4.69, 9.17) is 11.6 Å². The normalized spacial score (nSPS) is 7.80. The zero-order valence-corrected chi connectivity index (χ0v) is 7.15. The van der Waals surface area contributed by atoms with E-state index >= 15 is 0 Å². The molecular weight excluding hydrogens is 126 g/mol. The largest absolute Gasteiger partial charge is 0.401 e. The fraction of sp³-hybridized carbons (Fsp3) is 0.429. The van der Waals surface area contributed by atoms with E-state index in [1.54, 1.807) is 6.92 Å². The molecule has 3 heteroatoms. The van der Waals surface area contributed by atoms with E-state index in [9.17, 15) is 0 Å². The van der Waals surface area contributed by atoms with Gasteiger partial charge >= 0.3 is 0 Å². The average molecular weight is 145 g/mol. The third-order valence-corrected chi connectivity index (χ3v) is 0.311. The highest BCUT2D eigenvalue weighted by Crippen LogP contribution is 1.67. The van der Waals surface area contributed by atoms with Crippen molar-refractivity contribution in [3.63, 3.8) is 0 Å². The van der Waals surface area contributed by atoms with Crippen molar-refractivity contribution in [3.8, 4) is 0 Å². The molecule has 0 fully saturated rings. The molecule has 0 spiro atoms. The quantitative estimate of drug-likeness (QED) is 0.294. The second kappa shape index (κ2) is 24.4. The molecule has 0 aliphatic rings. The molecule has 0 aromatic rings. The molecule has 0 bridgehead atoms.